The summed E-state index contributed by atoms with van der Waals surface area (Å²) in [6.07, 6.45) is 5.15. The van der Waals surface area contributed by atoms with Crippen LogP contribution in [0.25, 0.3) is 0 Å². The second kappa shape index (κ2) is 8.23. The Balaban J connectivity index is 1.43. The van der Waals surface area contributed by atoms with Gasteiger partial charge >= 0.3 is 6.09 Å². The normalized spacial score (nSPS) is 25.9. The van der Waals surface area contributed by atoms with Crippen molar-refractivity contribution in [3.8, 4) is 6.07 Å². The molecule has 5 nitrogen and oxygen atoms in total. The summed E-state index contributed by atoms with van der Waals surface area (Å²) in [5.74, 6) is 0.633. The third-order valence-corrected chi connectivity index (χ3v) is 6.80. The molecule has 30 heavy (non-hydrogen) atoms. The number of likely N-dealkylation sites (tertiary alicyclic amines) is 1. The molecule has 1 aliphatic heterocycles. The molecule has 0 N–H and O–H groups in total. The molecule has 2 saturated carbocycles. The maximum absolute atomic E-state index is 13.2. The molecule has 4 rings (SSSR count). The van der Waals surface area contributed by atoms with E-state index in [2.05, 4.69) is 35.2 Å². The molecular weight excluding hydrogens is 374 g/mol. The summed E-state index contributed by atoms with van der Waals surface area (Å²) in [5, 5.41) is 9.16. The van der Waals surface area contributed by atoms with Crippen LogP contribution in [0, 0.1) is 22.7 Å². The molecule has 5 heteroatoms. The number of ether oxygens (including phenoxy) is 1. The number of carbonyl (C=O) groups is 1. The second-order valence-corrected chi connectivity index (χ2v) is 10.6. The van der Waals surface area contributed by atoms with E-state index in [1.807, 2.05) is 31.7 Å². The SMILES string of the molecule is CC(C)(C)OC(=O)N(CC1(CN2CCC(C#N)CC2)CC1)[C@H]1C[C@@H]1c1ccccc1. The summed E-state index contributed by atoms with van der Waals surface area (Å²) in [4.78, 5) is 17.7. The van der Waals surface area contributed by atoms with Crippen LogP contribution in [0.4, 0.5) is 4.79 Å². The van der Waals surface area contributed by atoms with Gasteiger partial charge in [0.05, 0.1) is 6.07 Å². The molecule has 0 unspecified atom stereocenters. The largest absolute Gasteiger partial charge is 0.444 e. The zero-order valence-electron chi connectivity index (χ0n) is 18.6. The first-order chi connectivity index (χ1) is 14.3. The lowest BCUT2D eigenvalue weighted by Crippen LogP contribution is -2.45. The van der Waals surface area contributed by atoms with E-state index in [1.165, 1.54) is 18.4 Å². The number of nitriles is 1. The molecule has 0 radical (unpaired) electrons. The molecule has 1 amide bonds. The van der Waals surface area contributed by atoms with Gasteiger partial charge in [-0.05, 0) is 71.5 Å². The fraction of sp³-hybridized carbons (Fsp3) is 0.680. The average Bonchev–Trinajstić information content (AvgIpc) is 3.62. The number of hydrogen-bond donors (Lipinski definition) is 0. The number of rotatable bonds is 6. The highest BCUT2D eigenvalue weighted by atomic mass is 16.6. The highest BCUT2D eigenvalue weighted by Crippen LogP contribution is 2.51. The number of piperidine rings is 1. The monoisotopic (exact) mass is 409 g/mol. The standard InChI is InChI=1S/C25H35N3O2/c1-24(2,3)30-23(29)28(22-15-21(22)20-7-5-4-6-8-20)18-25(11-12-25)17-27-13-9-19(16-26)10-14-27/h4-8,19,21-22H,9-15,17-18H2,1-3H3/t21-,22+/m1/s1. The quantitative estimate of drug-likeness (QED) is 0.677. The second-order valence-electron chi connectivity index (χ2n) is 10.6. The Hall–Kier alpha value is -2.06. The highest BCUT2D eigenvalue weighted by Gasteiger charge is 2.52. The van der Waals surface area contributed by atoms with Crippen molar-refractivity contribution in [2.45, 2.75) is 70.4 Å². The summed E-state index contributed by atoms with van der Waals surface area (Å²) >= 11 is 0. The smallest absolute Gasteiger partial charge is 0.410 e. The molecule has 2 atom stereocenters. The Kier molecular flexibility index (Phi) is 5.81. The molecule has 0 aromatic heterocycles. The van der Waals surface area contributed by atoms with Crippen molar-refractivity contribution in [1.82, 2.24) is 9.80 Å². The summed E-state index contributed by atoms with van der Waals surface area (Å²) < 4.78 is 5.81. The first kappa shape index (κ1) is 21.2. The molecule has 162 valence electrons. The third-order valence-electron chi connectivity index (χ3n) is 6.80. The van der Waals surface area contributed by atoms with Crippen LogP contribution < -0.4 is 0 Å². The lowest BCUT2D eigenvalue weighted by molar-refractivity contribution is 0.0166. The molecule has 2 aliphatic carbocycles. The van der Waals surface area contributed by atoms with E-state index in [9.17, 15) is 4.79 Å². The van der Waals surface area contributed by atoms with E-state index in [0.717, 1.165) is 45.4 Å². The predicted molar refractivity (Wildman–Crippen MR) is 117 cm³/mol. The van der Waals surface area contributed by atoms with Gasteiger partial charge < -0.3 is 14.5 Å². The number of benzene rings is 1. The van der Waals surface area contributed by atoms with Crippen molar-refractivity contribution >= 4 is 6.09 Å². The first-order valence-electron chi connectivity index (χ1n) is 11.5. The zero-order chi connectivity index (χ0) is 21.4. The van der Waals surface area contributed by atoms with Crippen LogP contribution in [0.2, 0.25) is 0 Å². The fourth-order valence-electron chi connectivity index (χ4n) is 4.82. The number of hydrogen-bond acceptors (Lipinski definition) is 4. The van der Waals surface area contributed by atoms with Crippen LogP contribution in [-0.2, 0) is 4.74 Å². The van der Waals surface area contributed by atoms with Crippen LogP contribution in [0.3, 0.4) is 0 Å². The average molecular weight is 410 g/mol. The van der Waals surface area contributed by atoms with Crippen molar-refractivity contribution in [1.29, 1.82) is 5.26 Å². The zero-order valence-corrected chi connectivity index (χ0v) is 18.6. The van der Waals surface area contributed by atoms with Crippen molar-refractivity contribution in [3.63, 3.8) is 0 Å². The van der Waals surface area contributed by atoms with Gasteiger partial charge in [-0.1, -0.05) is 30.3 Å². The van der Waals surface area contributed by atoms with Crippen molar-refractivity contribution in [2.75, 3.05) is 26.2 Å². The fourth-order valence-corrected chi connectivity index (χ4v) is 4.82. The topological polar surface area (TPSA) is 56.6 Å². The van der Waals surface area contributed by atoms with E-state index in [0.29, 0.717) is 5.92 Å². The summed E-state index contributed by atoms with van der Waals surface area (Å²) in [6.45, 7) is 9.65. The summed E-state index contributed by atoms with van der Waals surface area (Å²) in [7, 11) is 0. The Morgan fingerprint density at radius 1 is 1.23 bits per heavy atom. The minimum absolute atomic E-state index is 0.166. The lowest BCUT2D eigenvalue weighted by Gasteiger charge is -2.35. The van der Waals surface area contributed by atoms with Gasteiger partial charge in [0, 0.05) is 36.4 Å². The number of nitrogens with zero attached hydrogens (tertiary/aromatic N) is 3. The number of amides is 1. The minimum atomic E-state index is -0.484. The Morgan fingerprint density at radius 2 is 1.90 bits per heavy atom. The van der Waals surface area contributed by atoms with E-state index in [1.54, 1.807) is 0 Å². The molecule has 3 aliphatic rings. The van der Waals surface area contributed by atoms with Gasteiger partial charge in [-0.3, -0.25) is 0 Å². The van der Waals surface area contributed by atoms with Gasteiger partial charge in [0.2, 0.25) is 0 Å². The van der Waals surface area contributed by atoms with Crippen LogP contribution in [0.5, 0.6) is 0 Å². The third kappa shape index (κ3) is 5.16. The molecule has 1 aromatic carbocycles. The Bertz CT molecular complexity index is 783. The highest BCUT2D eigenvalue weighted by molar-refractivity contribution is 5.69. The molecule has 1 aromatic rings. The first-order valence-corrected chi connectivity index (χ1v) is 11.5. The minimum Gasteiger partial charge on any atom is -0.444 e. The number of carbonyl (C=O) groups excluding carboxylic acids is 1. The molecule has 0 spiro atoms. The predicted octanol–water partition coefficient (Wildman–Crippen LogP) is 4.80. The lowest BCUT2D eigenvalue weighted by atomic mass is 9.96. The van der Waals surface area contributed by atoms with Gasteiger partial charge in [0.15, 0.2) is 0 Å². The molecule has 1 heterocycles. The maximum atomic E-state index is 13.2. The summed E-state index contributed by atoms with van der Waals surface area (Å²) in [5.41, 5.74) is 1.03. The van der Waals surface area contributed by atoms with Crippen LogP contribution in [0.1, 0.15) is 64.4 Å². The Labute approximate surface area is 181 Å². The van der Waals surface area contributed by atoms with Crippen LogP contribution in [0.15, 0.2) is 30.3 Å². The van der Waals surface area contributed by atoms with E-state index in [4.69, 9.17) is 10.00 Å². The molecule has 3 fully saturated rings. The molecule has 1 saturated heterocycles. The summed E-state index contributed by atoms with van der Waals surface area (Å²) in [6, 6.07) is 13.2. The van der Waals surface area contributed by atoms with Gasteiger partial charge in [-0.2, -0.15) is 5.26 Å². The van der Waals surface area contributed by atoms with Gasteiger partial charge in [-0.15, -0.1) is 0 Å². The van der Waals surface area contributed by atoms with Gasteiger partial charge in [-0.25, -0.2) is 4.79 Å². The van der Waals surface area contributed by atoms with E-state index < -0.39 is 5.60 Å². The van der Waals surface area contributed by atoms with Gasteiger partial charge in [0.25, 0.3) is 0 Å². The van der Waals surface area contributed by atoms with Gasteiger partial charge in [0.1, 0.15) is 5.60 Å². The van der Waals surface area contributed by atoms with Crippen molar-refractivity contribution in [3.05, 3.63) is 35.9 Å². The van der Waals surface area contributed by atoms with Crippen LogP contribution in [-0.4, -0.2) is 53.7 Å². The van der Waals surface area contributed by atoms with Crippen molar-refractivity contribution in [2.24, 2.45) is 11.3 Å². The van der Waals surface area contributed by atoms with Crippen molar-refractivity contribution < 1.29 is 9.53 Å². The van der Waals surface area contributed by atoms with Crippen LogP contribution >= 0.6 is 0 Å². The van der Waals surface area contributed by atoms with E-state index in [-0.39, 0.29) is 23.5 Å². The molecule has 0 bridgehead atoms. The maximum Gasteiger partial charge on any atom is 0.410 e. The molecular formula is C25H35N3O2. The Morgan fingerprint density at radius 3 is 2.47 bits per heavy atom. The van der Waals surface area contributed by atoms with E-state index >= 15 is 0 Å².